The van der Waals surface area contributed by atoms with Gasteiger partial charge in [-0.25, -0.2) is 4.79 Å². The highest BCUT2D eigenvalue weighted by atomic mass is 79.9. The maximum absolute atomic E-state index is 12.2. The second kappa shape index (κ2) is 9.08. The van der Waals surface area contributed by atoms with Crippen LogP contribution in [-0.4, -0.2) is 32.7 Å². The minimum atomic E-state index is -0.659. The van der Waals surface area contributed by atoms with Crippen LogP contribution in [0, 0.1) is 0 Å². The number of hydrogen-bond acceptors (Lipinski definition) is 5. The molecule has 0 heterocycles. The van der Waals surface area contributed by atoms with Crippen molar-refractivity contribution in [2.75, 3.05) is 20.8 Å². The fourth-order valence-electron chi connectivity index (χ4n) is 2.16. The van der Waals surface area contributed by atoms with Crippen molar-refractivity contribution in [1.82, 2.24) is 5.32 Å². The van der Waals surface area contributed by atoms with Crippen molar-refractivity contribution in [3.8, 4) is 11.5 Å². The number of para-hydroxylation sites is 1. The summed E-state index contributed by atoms with van der Waals surface area (Å²) in [6, 6.07) is 12.4. The number of hydrogen-bond donors (Lipinski definition) is 1. The summed E-state index contributed by atoms with van der Waals surface area (Å²) >= 11 is 3.37. The Labute approximate surface area is 154 Å². The quantitative estimate of drug-likeness (QED) is 0.714. The summed E-state index contributed by atoms with van der Waals surface area (Å²) in [6.07, 6.45) is 0. The molecule has 2 rings (SSSR count). The molecule has 0 aliphatic heterocycles. The number of nitrogens with one attached hydrogen (secondary N) is 1. The monoisotopic (exact) mass is 407 g/mol. The number of esters is 1. The van der Waals surface area contributed by atoms with E-state index < -0.39 is 11.9 Å². The Morgan fingerprint density at radius 1 is 1.08 bits per heavy atom. The first-order valence-corrected chi connectivity index (χ1v) is 8.23. The van der Waals surface area contributed by atoms with Gasteiger partial charge in [0, 0.05) is 11.0 Å². The molecule has 6 nitrogen and oxygen atoms in total. The maximum Gasteiger partial charge on any atom is 0.342 e. The van der Waals surface area contributed by atoms with Gasteiger partial charge in [0.25, 0.3) is 5.91 Å². The van der Waals surface area contributed by atoms with Crippen LogP contribution in [0.15, 0.2) is 46.9 Å². The lowest BCUT2D eigenvalue weighted by molar-refractivity contribution is -0.124. The Hall–Kier alpha value is -2.54. The predicted molar refractivity (Wildman–Crippen MR) is 95.8 cm³/mol. The van der Waals surface area contributed by atoms with Crippen LogP contribution in [-0.2, 0) is 16.1 Å². The smallest absolute Gasteiger partial charge is 0.342 e. The summed E-state index contributed by atoms with van der Waals surface area (Å²) in [4.78, 5) is 24.0. The first kappa shape index (κ1) is 18.8. The van der Waals surface area contributed by atoms with Gasteiger partial charge in [0.1, 0.15) is 5.56 Å². The fraction of sp³-hybridized carbons (Fsp3) is 0.222. The first-order chi connectivity index (χ1) is 12.0. The molecule has 7 heteroatoms. The van der Waals surface area contributed by atoms with E-state index in [2.05, 4.69) is 21.2 Å². The van der Waals surface area contributed by atoms with Gasteiger partial charge in [-0.15, -0.1) is 0 Å². The molecule has 2 aromatic rings. The molecule has 0 spiro atoms. The minimum absolute atomic E-state index is 0.196. The Balaban J connectivity index is 1.90. The topological polar surface area (TPSA) is 73.9 Å². The molecule has 0 radical (unpaired) electrons. The fourth-order valence-corrected chi connectivity index (χ4v) is 2.60. The normalized spacial score (nSPS) is 10.0. The minimum Gasteiger partial charge on any atom is -0.493 e. The van der Waals surface area contributed by atoms with Crippen molar-refractivity contribution < 1.29 is 23.8 Å². The van der Waals surface area contributed by atoms with E-state index in [0.717, 1.165) is 10.0 Å². The lowest BCUT2D eigenvalue weighted by Crippen LogP contribution is -2.28. The largest absolute Gasteiger partial charge is 0.493 e. The summed E-state index contributed by atoms with van der Waals surface area (Å²) < 4.78 is 16.3. The molecule has 132 valence electrons. The molecule has 0 unspecified atom stereocenters. The van der Waals surface area contributed by atoms with Crippen LogP contribution >= 0.6 is 15.9 Å². The third-order valence-corrected chi connectivity index (χ3v) is 3.83. The van der Waals surface area contributed by atoms with Crippen LogP contribution in [0.3, 0.4) is 0 Å². The van der Waals surface area contributed by atoms with E-state index in [9.17, 15) is 9.59 Å². The van der Waals surface area contributed by atoms with E-state index in [0.29, 0.717) is 12.3 Å². The molecule has 0 atom stereocenters. The second-order valence-electron chi connectivity index (χ2n) is 5.02. The van der Waals surface area contributed by atoms with Crippen molar-refractivity contribution in [3.63, 3.8) is 0 Å². The average Bonchev–Trinajstić information content (AvgIpc) is 2.63. The van der Waals surface area contributed by atoms with E-state index in [-0.39, 0.29) is 17.9 Å². The third kappa shape index (κ3) is 5.22. The summed E-state index contributed by atoms with van der Waals surface area (Å²) in [7, 11) is 2.90. The van der Waals surface area contributed by atoms with Crippen molar-refractivity contribution in [2.45, 2.75) is 6.54 Å². The number of ether oxygens (including phenoxy) is 3. The van der Waals surface area contributed by atoms with Crippen molar-refractivity contribution in [3.05, 3.63) is 58.1 Å². The van der Waals surface area contributed by atoms with Crippen LogP contribution in [0.25, 0.3) is 0 Å². The van der Waals surface area contributed by atoms with Crippen LogP contribution in [0.5, 0.6) is 11.5 Å². The van der Waals surface area contributed by atoms with Crippen molar-refractivity contribution in [2.24, 2.45) is 0 Å². The molecule has 1 N–H and O–H groups in total. The second-order valence-corrected chi connectivity index (χ2v) is 5.94. The Bertz CT molecular complexity index is 763. The van der Waals surface area contributed by atoms with Crippen molar-refractivity contribution >= 4 is 27.8 Å². The zero-order chi connectivity index (χ0) is 18.2. The van der Waals surface area contributed by atoms with Gasteiger partial charge >= 0.3 is 5.97 Å². The number of carbonyl (C=O) groups is 2. The van der Waals surface area contributed by atoms with E-state index in [1.54, 1.807) is 18.2 Å². The van der Waals surface area contributed by atoms with Crippen LogP contribution in [0.2, 0.25) is 0 Å². The summed E-state index contributed by atoms with van der Waals surface area (Å²) in [5.74, 6) is -0.371. The van der Waals surface area contributed by atoms with Gasteiger partial charge < -0.3 is 19.5 Å². The van der Waals surface area contributed by atoms with Gasteiger partial charge in [0.05, 0.1) is 14.2 Å². The lowest BCUT2D eigenvalue weighted by atomic mass is 10.2. The molecular formula is C18H18BrNO5. The summed E-state index contributed by atoms with van der Waals surface area (Å²) in [5, 5.41) is 2.69. The maximum atomic E-state index is 12.2. The Kier molecular flexibility index (Phi) is 6.82. The van der Waals surface area contributed by atoms with Gasteiger partial charge in [0.15, 0.2) is 18.1 Å². The van der Waals surface area contributed by atoms with Gasteiger partial charge in [-0.2, -0.15) is 0 Å². The van der Waals surface area contributed by atoms with Gasteiger partial charge in [-0.1, -0.05) is 34.1 Å². The average molecular weight is 408 g/mol. The van der Waals surface area contributed by atoms with E-state index in [1.165, 1.54) is 14.2 Å². The van der Waals surface area contributed by atoms with Gasteiger partial charge in [-0.3, -0.25) is 4.79 Å². The van der Waals surface area contributed by atoms with Gasteiger partial charge in [0.2, 0.25) is 0 Å². The molecule has 0 aromatic heterocycles. The number of halogens is 1. The van der Waals surface area contributed by atoms with Gasteiger partial charge in [-0.05, 0) is 29.8 Å². The molecule has 2 aromatic carbocycles. The Morgan fingerprint density at radius 2 is 1.84 bits per heavy atom. The number of amides is 1. The molecule has 0 aliphatic rings. The summed E-state index contributed by atoms with van der Waals surface area (Å²) in [5.41, 5.74) is 1.13. The van der Waals surface area contributed by atoms with Crippen LogP contribution in [0.4, 0.5) is 0 Å². The third-order valence-electron chi connectivity index (χ3n) is 3.34. The zero-order valence-electron chi connectivity index (χ0n) is 13.9. The summed E-state index contributed by atoms with van der Waals surface area (Å²) in [6.45, 7) is -0.0362. The number of benzene rings is 2. The molecule has 1 amide bonds. The molecule has 0 saturated carbocycles. The van der Waals surface area contributed by atoms with E-state index >= 15 is 0 Å². The highest BCUT2D eigenvalue weighted by Gasteiger charge is 2.18. The van der Waals surface area contributed by atoms with Crippen LogP contribution in [0.1, 0.15) is 15.9 Å². The Morgan fingerprint density at radius 3 is 2.52 bits per heavy atom. The number of rotatable bonds is 7. The van der Waals surface area contributed by atoms with Crippen molar-refractivity contribution in [1.29, 1.82) is 0 Å². The number of methoxy groups -OCH3 is 2. The molecule has 0 fully saturated rings. The standard InChI is InChI=1S/C18H18BrNO5/c1-23-15-8-4-7-14(17(15)24-2)18(22)25-11-16(21)20-10-12-5-3-6-13(19)9-12/h3-9H,10-11H2,1-2H3,(H,20,21). The zero-order valence-corrected chi connectivity index (χ0v) is 15.5. The highest BCUT2D eigenvalue weighted by molar-refractivity contribution is 9.10. The van der Waals surface area contributed by atoms with E-state index in [1.807, 2.05) is 24.3 Å². The molecule has 0 bridgehead atoms. The van der Waals surface area contributed by atoms with E-state index in [4.69, 9.17) is 14.2 Å². The molecule has 25 heavy (non-hydrogen) atoms. The SMILES string of the molecule is COc1cccc(C(=O)OCC(=O)NCc2cccc(Br)c2)c1OC. The highest BCUT2D eigenvalue weighted by Crippen LogP contribution is 2.31. The molecule has 0 saturated heterocycles. The molecular weight excluding hydrogens is 390 g/mol. The molecule has 0 aliphatic carbocycles. The predicted octanol–water partition coefficient (Wildman–Crippen LogP) is 2.94. The first-order valence-electron chi connectivity index (χ1n) is 7.44. The number of carbonyl (C=O) groups excluding carboxylic acids is 2. The van der Waals surface area contributed by atoms with Crippen LogP contribution < -0.4 is 14.8 Å². The lowest BCUT2D eigenvalue weighted by Gasteiger charge is -2.12.